The van der Waals surface area contributed by atoms with Gasteiger partial charge in [0.15, 0.2) is 0 Å². The van der Waals surface area contributed by atoms with Crippen molar-refractivity contribution in [2.45, 2.75) is 83.7 Å². The number of hydrogen-bond donors (Lipinski definition) is 2. The second-order valence-electron chi connectivity index (χ2n) is 6.13. The molecule has 0 aromatic heterocycles. The molecule has 0 radical (unpaired) electrons. The van der Waals surface area contributed by atoms with Crippen molar-refractivity contribution in [3.8, 4) is 0 Å². The number of unbranched alkanes of at least 4 members (excludes halogenated alkanes) is 1. The number of aliphatic hydroxyl groups is 1. The maximum atomic E-state index is 12.1. The van der Waals surface area contributed by atoms with Gasteiger partial charge in [-0.25, -0.2) is 0 Å². The third-order valence-corrected chi connectivity index (χ3v) is 4.91. The molecule has 3 unspecified atom stereocenters. The third-order valence-electron chi connectivity index (χ3n) is 3.46. The first-order valence-corrected chi connectivity index (χ1v) is 9.02. The van der Waals surface area contributed by atoms with Crippen LogP contribution in [-0.2, 0) is 9.53 Å². The first-order chi connectivity index (χ1) is 9.73. The fourth-order valence-electron chi connectivity index (χ4n) is 2.15. The molecule has 2 N–H and O–H groups in total. The van der Waals surface area contributed by atoms with Gasteiger partial charge in [-0.15, -0.1) is 0 Å². The van der Waals surface area contributed by atoms with Gasteiger partial charge in [0.25, 0.3) is 0 Å². The molecule has 0 heterocycles. The Morgan fingerprint density at radius 2 is 1.90 bits per heavy atom. The zero-order valence-corrected chi connectivity index (χ0v) is 15.3. The number of thioether (sulfide) groups is 1. The number of rotatable bonds is 11. The van der Waals surface area contributed by atoms with Gasteiger partial charge in [-0.05, 0) is 53.2 Å². The summed E-state index contributed by atoms with van der Waals surface area (Å²) >= 11 is 1.78. The molecule has 5 heteroatoms. The number of carbonyl (C=O) groups excluding carboxylic acids is 1. The van der Waals surface area contributed by atoms with E-state index in [0.29, 0.717) is 6.61 Å². The van der Waals surface area contributed by atoms with Crippen molar-refractivity contribution in [3.63, 3.8) is 0 Å². The highest BCUT2D eigenvalue weighted by atomic mass is 32.2. The summed E-state index contributed by atoms with van der Waals surface area (Å²) in [5, 5.41) is 13.0. The Labute approximate surface area is 134 Å². The molecular weight excluding hydrogens is 286 g/mol. The summed E-state index contributed by atoms with van der Waals surface area (Å²) < 4.78 is 5.19. The Morgan fingerprint density at radius 1 is 1.29 bits per heavy atom. The van der Waals surface area contributed by atoms with E-state index in [9.17, 15) is 9.90 Å². The molecule has 0 aliphatic rings. The minimum absolute atomic E-state index is 0.163. The lowest BCUT2D eigenvalue weighted by Gasteiger charge is -2.30. The van der Waals surface area contributed by atoms with Crippen molar-refractivity contribution in [1.29, 1.82) is 0 Å². The maximum Gasteiger partial charge on any atom is 0.326 e. The van der Waals surface area contributed by atoms with Crippen molar-refractivity contribution in [2.24, 2.45) is 0 Å². The van der Waals surface area contributed by atoms with Gasteiger partial charge in [0.05, 0.1) is 12.7 Å². The predicted molar refractivity (Wildman–Crippen MR) is 90.8 cm³/mol. The van der Waals surface area contributed by atoms with Crippen molar-refractivity contribution < 1.29 is 14.6 Å². The molecule has 0 saturated heterocycles. The molecule has 3 atom stereocenters. The summed E-state index contributed by atoms with van der Waals surface area (Å²) in [5.41, 5.74) is -0.606. The molecular formula is C16H33NO3S. The minimum atomic E-state index is -0.606. The van der Waals surface area contributed by atoms with Crippen LogP contribution in [0.3, 0.4) is 0 Å². The highest BCUT2D eigenvalue weighted by Crippen LogP contribution is 2.20. The van der Waals surface area contributed by atoms with E-state index >= 15 is 0 Å². The van der Waals surface area contributed by atoms with Crippen LogP contribution in [0.25, 0.3) is 0 Å². The number of ether oxygens (including phenoxy) is 1. The lowest BCUT2D eigenvalue weighted by atomic mass is 9.94. The Kier molecular flexibility index (Phi) is 10.3. The summed E-state index contributed by atoms with van der Waals surface area (Å²) in [7, 11) is 0. The Balaban J connectivity index is 4.22. The van der Waals surface area contributed by atoms with Crippen LogP contribution in [0.15, 0.2) is 0 Å². The zero-order valence-electron chi connectivity index (χ0n) is 14.4. The summed E-state index contributed by atoms with van der Waals surface area (Å²) in [6, 6.07) is 0.240. The smallest absolute Gasteiger partial charge is 0.326 e. The minimum Gasteiger partial charge on any atom is -0.465 e. The molecule has 126 valence electrons. The molecule has 0 aromatic rings. The van der Waals surface area contributed by atoms with Crippen molar-refractivity contribution in [2.75, 3.05) is 12.4 Å². The summed E-state index contributed by atoms with van der Waals surface area (Å²) in [6.45, 7) is 12.1. The van der Waals surface area contributed by atoms with E-state index in [0.717, 1.165) is 25.0 Å². The zero-order chi connectivity index (χ0) is 16.5. The number of nitrogens with one attached hydrogen (secondary N) is 1. The van der Waals surface area contributed by atoms with Gasteiger partial charge in [0.1, 0.15) is 5.54 Å². The van der Waals surface area contributed by atoms with Gasteiger partial charge in [-0.2, -0.15) is 11.8 Å². The Bertz CT molecular complexity index is 297. The Morgan fingerprint density at radius 3 is 2.38 bits per heavy atom. The van der Waals surface area contributed by atoms with E-state index in [-0.39, 0.29) is 23.4 Å². The summed E-state index contributed by atoms with van der Waals surface area (Å²) in [5.74, 6) is 0.843. The van der Waals surface area contributed by atoms with Crippen LogP contribution in [0.1, 0.15) is 60.8 Å². The second kappa shape index (κ2) is 10.5. The number of hydrogen-bond acceptors (Lipinski definition) is 5. The Hall–Kier alpha value is -0.260. The highest BCUT2D eigenvalue weighted by molar-refractivity contribution is 7.99. The van der Waals surface area contributed by atoms with Crippen LogP contribution in [0.4, 0.5) is 0 Å². The maximum absolute atomic E-state index is 12.1. The molecule has 0 saturated carbocycles. The first kappa shape index (κ1) is 20.7. The van der Waals surface area contributed by atoms with Gasteiger partial charge in [0.2, 0.25) is 0 Å². The SMILES string of the molecule is CCOC(=O)C(C)(CCCCSC(C)C(C)O)NC(C)C. The first-order valence-electron chi connectivity index (χ1n) is 7.97. The fourth-order valence-corrected chi connectivity index (χ4v) is 3.17. The molecule has 4 nitrogen and oxygen atoms in total. The van der Waals surface area contributed by atoms with Gasteiger partial charge < -0.3 is 9.84 Å². The lowest BCUT2D eigenvalue weighted by Crippen LogP contribution is -2.53. The van der Waals surface area contributed by atoms with E-state index in [1.54, 1.807) is 11.8 Å². The van der Waals surface area contributed by atoms with Crippen LogP contribution in [0.5, 0.6) is 0 Å². The van der Waals surface area contributed by atoms with Crippen LogP contribution in [0, 0.1) is 0 Å². The number of carbonyl (C=O) groups is 1. The highest BCUT2D eigenvalue weighted by Gasteiger charge is 2.34. The van der Waals surface area contributed by atoms with E-state index < -0.39 is 5.54 Å². The van der Waals surface area contributed by atoms with Crippen molar-refractivity contribution >= 4 is 17.7 Å². The normalized spacial score (nSPS) is 17.3. The monoisotopic (exact) mass is 319 g/mol. The number of esters is 1. The van der Waals surface area contributed by atoms with Crippen LogP contribution >= 0.6 is 11.8 Å². The molecule has 0 fully saturated rings. The lowest BCUT2D eigenvalue weighted by molar-refractivity contribution is -0.151. The number of aliphatic hydroxyl groups excluding tert-OH is 1. The summed E-state index contributed by atoms with van der Waals surface area (Å²) in [6.07, 6.45) is 2.50. The standard InChI is InChI=1S/C16H33NO3S/c1-7-20-15(19)16(6,17-12(2)3)10-8-9-11-21-14(5)13(4)18/h12-14,17-18H,7-11H2,1-6H3. The van der Waals surface area contributed by atoms with E-state index in [1.165, 1.54) is 0 Å². The third kappa shape index (κ3) is 8.69. The largest absolute Gasteiger partial charge is 0.465 e. The van der Waals surface area contributed by atoms with Gasteiger partial charge in [0, 0.05) is 11.3 Å². The molecule has 0 aromatic carbocycles. The van der Waals surface area contributed by atoms with Crippen molar-refractivity contribution in [3.05, 3.63) is 0 Å². The average Bonchev–Trinajstić information content (AvgIpc) is 2.37. The quantitative estimate of drug-likeness (QED) is 0.453. The van der Waals surface area contributed by atoms with Crippen LogP contribution in [0.2, 0.25) is 0 Å². The second-order valence-corrected chi connectivity index (χ2v) is 7.61. The molecule has 0 amide bonds. The topological polar surface area (TPSA) is 58.6 Å². The molecule has 0 aliphatic heterocycles. The van der Waals surface area contributed by atoms with E-state index in [4.69, 9.17) is 4.74 Å². The molecule has 0 aliphatic carbocycles. The molecule has 0 spiro atoms. The molecule has 0 rings (SSSR count). The van der Waals surface area contributed by atoms with Crippen LogP contribution in [-0.4, -0.2) is 46.4 Å². The van der Waals surface area contributed by atoms with E-state index in [1.807, 2.05) is 41.5 Å². The van der Waals surface area contributed by atoms with Gasteiger partial charge >= 0.3 is 5.97 Å². The fraction of sp³-hybridized carbons (Fsp3) is 0.938. The van der Waals surface area contributed by atoms with Crippen molar-refractivity contribution in [1.82, 2.24) is 5.32 Å². The predicted octanol–water partition coefficient (Wildman–Crippen LogP) is 2.98. The van der Waals surface area contributed by atoms with Gasteiger partial charge in [-0.1, -0.05) is 13.3 Å². The molecule has 0 bridgehead atoms. The van der Waals surface area contributed by atoms with E-state index in [2.05, 4.69) is 5.32 Å². The van der Waals surface area contributed by atoms with Gasteiger partial charge in [-0.3, -0.25) is 10.1 Å². The summed E-state index contributed by atoms with van der Waals surface area (Å²) in [4.78, 5) is 12.1. The molecule has 21 heavy (non-hydrogen) atoms. The van der Waals surface area contributed by atoms with Crippen LogP contribution < -0.4 is 5.32 Å². The average molecular weight is 320 g/mol.